The third-order valence-electron chi connectivity index (χ3n) is 7.18. The van der Waals surface area contributed by atoms with Crippen molar-refractivity contribution in [1.29, 1.82) is 0 Å². The summed E-state index contributed by atoms with van der Waals surface area (Å²) in [4.78, 5) is 32.4. The van der Waals surface area contributed by atoms with Gasteiger partial charge in [0.15, 0.2) is 27.8 Å². The molecular formula is C33H29BrCl2N2O7S. The zero-order chi connectivity index (χ0) is 33.1. The first-order valence-electron chi connectivity index (χ1n) is 14.0. The van der Waals surface area contributed by atoms with E-state index in [-0.39, 0.29) is 24.3 Å². The molecule has 0 N–H and O–H groups in total. The second-order valence-corrected chi connectivity index (χ2v) is 12.7. The van der Waals surface area contributed by atoms with E-state index in [9.17, 15) is 9.59 Å². The van der Waals surface area contributed by atoms with Crippen molar-refractivity contribution in [2.75, 3.05) is 27.9 Å². The van der Waals surface area contributed by atoms with E-state index in [1.165, 1.54) is 37.2 Å². The van der Waals surface area contributed by atoms with Crippen molar-refractivity contribution in [3.05, 3.63) is 111 Å². The number of nitrogens with zero attached hydrogens (tertiary/aromatic N) is 2. The number of aromatic nitrogens is 1. The van der Waals surface area contributed by atoms with Crippen LogP contribution < -0.4 is 33.8 Å². The fourth-order valence-corrected chi connectivity index (χ4v) is 7.12. The van der Waals surface area contributed by atoms with Crippen LogP contribution in [0.15, 0.2) is 74.1 Å². The van der Waals surface area contributed by atoms with E-state index in [0.29, 0.717) is 63.7 Å². The topological polar surface area (TPSA) is 97.6 Å². The summed E-state index contributed by atoms with van der Waals surface area (Å²) in [6.45, 7) is 3.81. The van der Waals surface area contributed by atoms with Crippen molar-refractivity contribution in [3.8, 4) is 23.0 Å². The largest absolute Gasteiger partial charge is 0.493 e. The highest BCUT2D eigenvalue weighted by Gasteiger charge is 2.34. The van der Waals surface area contributed by atoms with Crippen LogP contribution in [0.4, 0.5) is 0 Å². The first-order chi connectivity index (χ1) is 22.1. The van der Waals surface area contributed by atoms with Gasteiger partial charge in [-0.15, -0.1) is 0 Å². The van der Waals surface area contributed by atoms with Gasteiger partial charge < -0.3 is 23.7 Å². The van der Waals surface area contributed by atoms with Gasteiger partial charge in [-0.25, -0.2) is 9.79 Å². The minimum absolute atomic E-state index is 0.168. The van der Waals surface area contributed by atoms with Crippen LogP contribution in [-0.2, 0) is 16.1 Å². The van der Waals surface area contributed by atoms with E-state index in [2.05, 4.69) is 20.9 Å². The number of methoxy groups -OCH3 is 3. The molecule has 2 heterocycles. The smallest absolute Gasteiger partial charge is 0.338 e. The first-order valence-corrected chi connectivity index (χ1v) is 16.3. The third-order valence-corrected chi connectivity index (χ3v) is 9.34. The third kappa shape index (κ3) is 6.69. The summed E-state index contributed by atoms with van der Waals surface area (Å²) < 4.78 is 30.6. The maximum Gasteiger partial charge on any atom is 0.338 e. The maximum atomic E-state index is 14.1. The number of ether oxygens (including phenoxy) is 5. The summed E-state index contributed by atoms with van der Waals surface area (Å²) in [5.74, 6) is 1.33. The molecule has 9 nitrogen and oxygen atoms in total. The molecule has 1 aromatic heterocycles. The van der Waals surface area contributed by atoms with Crippen LogP contribution in [0, 0.1) is 0 Å². The molecule has 1 aliphatic rings. The summed E-state index contributed by atoms with van der Waals surface area (Å²) in [6.07, 6.45) is 1.74. The normalized spacial score (nSPS) is 14.4. The van der Waals surface area contributed by atoms with Crippen molar-refractivity contribution in [2.45, 2.75) is 26.5 Å². The molecule has 1 aliphatic heterocycles. The van der Waals surface area contributed by atoms with Crippen LogP contribution in [0.3, 0.4) is 0 Å². The highest BCUT2D eigenvalue weighted by atomic mass is 79.9. The molecule has 0 saturated carbocycles. The van der Waals surface area contributed by atoms with Gasteiger partial charge in [-0.3, -0.25) is 9.36 Å². The van der Waals surface area contributed by atoms with E-state index in [0.717, 1.165) is 5.56 Å². The fourth-order valence-electron chi connectivity index (χ4n) is 5.03. The van der Waals surface area contributed by atoms with Gasteiger partial charge in [0.05, 0.1) is 54.3 Å². The van der Waals surface area contributed by atoms with Gasteiger partial charge >= 0.3 is 5.97 Å². The number of hydrogen-bond donors (Lipinski definition) is 0. The van der Waals surface area contributed by atoms with Gasteiger partial charge in [0, 0.05) is 15.6 Å². The Kier molecular flexibility index (Phi) is 10.5. The number of allylic oxidation sites excluding steroid dienone is 1. The fraction of sp³-hybridized carbons (Fsp3) is 0.242. The Labute approximate surface area is 287 Å². The number of fused-ring (bicyclic) bond motifs is 1. The van der Waals surface area contributed by atoms with Gasteiger partial charge in [-0.2, -0.15) is 0 Å². The van der Waals surface area contributed by atoms with E-state index in [4.69, 9.17) is 46.9 Å². The number of rotatable bonds is 10. The Bertz CT molecular complexity index is 2040. The second-order valence-electron chi connectivity index (χ2n) is 9.98. The van der Waals surface area contributed by atoms with E-state index in [1.54, 1.807) is 62.4 Å². The van der Waals surface area contributed by atoms with Gasteiger partial charge in [0.25, 0.3) is 5.56 Å². The molecule has 0 fully saturated rings. The highest BCUT2D eigenvalue weighted by Crippen LogP contribution is 2.39. The molecule has 3 aromatic carbocycles. The molecule has 4 aromatic rings. The lowest BCUT2D eigenvalue weighted by Gasteiger charge is -2.25. The summed E-state index contributed by atoms with van der Waals surface area (Å²) in [5, 5.41) is 1.02. The molecule has 0 unspecified atom stereocenters. The van der Waals surface area contributed by atoms with Crippen LogP contribution in [0.25, 0.3) is 6.08 Å². The number of carbonyl (C=O) groups excluding carboxylic acids is 1. The Morgan fingerprint density at radius 3 is 2.43 bits per heavy atom. The Balaban J connectivity index is 1.59. The Morgan fingerprint density at radius 2 is 1.76 bits per heavy atom. The second kappa shape index (κ2) is 14.3. The lowest BCUT2D eigenvalue weighted by molar-refractivity contribution is -0.139. The predicted molar refractivity (Wildman–Crippen MR) is 181 cm³/mol. The molecular weight excluding hydrogens is 719 g/mol. The summed E-state index contributed by atoms with van der Waals surface area (Å²) >= 11 is 17.1. The molecule has 1 atom stereocenters. The summed E-state index contributed by atoms with van der Waals surface area (Å²) in [7, 11) is 4.59. The number of esters is 1. The van der Waals surface area contributed by atoms with Crippen LogP contribution in [0.5, 0.6) is 23.0 Å². The predicted octanol–water partition coefficient (Wildman–Crippen LogP) is 6.47. The first kappa shape index (κ1) is 33.6. The van der Waals surface area contributed by atoms with Crippen molar-refractivity contribution in [3.63, 3.8) is 0 Å². The lowest BCUT2D eigenvalue weighted by Crippen LogP contribution is -2.40. The van der Waals surface area contributed by atoms with Gasteiger partial charge in [-0.1, -0.05) is 46.7 Å². The molecule has 0 aliphatic carbocycles. The standard InChI is InChI=1S/C33H29BrCl2N2O7S/c1-6-44-32(40)28-17(2)37-33-38(29(28)19-8-10-24(41-3)25(14-19)42-4)31(39)27(46-33)13-18-11-22(34)30(26(12-18)43-5)45-16-20-7-9-21(35)15-23(20)36/h7-15,29H,6,16H2,1-5H3/b27-13-/t29-/m0/s1. The molecule has 5 rings (SSSR count). The van der Waals surface area contributed by atoms with E-state index >= 15 is 0 Å². The zero-order valence-electron chi connectivity index (χ0n) is 25.5. The number of thiazole rings is 1. The summed E-state index contributed by atoms with van der Waals surface area (Å²) in [6, 6.07) is 13.2. The van der Waals surface area contributed by atoms with E-state index < -0.39 is 12.0 Å². The Morgan fingerprint density at radius 1 is 1.02 bits per heavy atom. The van der Waals surface area contributed by atoms with Gasteiger partial charge in [0.2, 0.25) is 0 Å². The van der Waals surface area contributed by atoms with Crippen LogP contribution >= 0.6 is 50.5 Å². The molecule has 13 heteroatoms. The molecule has 0 amide bonds. The molecule has 240 valence electrons. The van der Waals surface area contributed by atoms with Crippen molar-refractivity contribution < 1.29 is 28.5 Å². The minimum atomic E-state index is -0.811. The van der Waals surface area contributed by atoms with Crippen LogP contribution in [0.1, 0.15) is 36.6 Å². The van der Waals surface area contributed by atoms with Gasteiger partial charge in [0.1, 0.15) is 6.61 Å². The SMILES string of the molecule is CCOC(=O)C1=C(C)N=c2s/c(=C\c3cc(Br)c(OCc4ccc(Cl)cc4Cl)c(OC)c3)c(=O)n2[C@H]1c1ccc(OC)c(OC)c1. The van der Waals surface area contributed by atoms with Crippen molar-refractivity contribution >= 4 is 62.5 Å². The number of hydrogen-bond acceptors (Lipinski definition) is 9. The average Bonchev–Trinajstić information content (AvgIpc) is 3.33. The molecule has 0 spiro atoms. The van der Waals surface area contributed by atoms with Crippen LogP contribution in [0.2, 0.25) is 10.0 Å². The average molecular weight is 748 g/mol. The van der Waals surface area contributed by atoms with Gasteiger partial charge in [-0.05, 0) is 83.4 Å². The minimum Gasteiger partial charge on any atom is -0.493 e. The summed E-state index contributed by atoms with van der Waals surface area (Å²) in [5.41, 5.74) is 2.46. The zero-order valence-corrected chi connectivity index (χ0v) is 29.4. The lowest BCUT2D eigenvalue weighted by atomic mass is 9.95. The Hall–Kier alpha value is -3.77. The molecule has 0 saturated heterocycles. The maximum absolute atomic E-state index is 14.1. The monoisotopic (exact) mass is 746 g/mol. The van der Waals surface area contributed by atoms with E-state index in [1.807, 2.05) is 6.07 Å². The molecule has 0 bridgehead atoms. The quantitative estimate of drug-likeness (QED) is 0.172. The molecule has 0 radical (unpaired) electrons. The van der Waals surface area contributed by atoms with Crippen molar-refractivity contribution in [1.82, 2.24) is 4.57 Å². The van der Waals surface area contributed by atoms with Crippen molar-refractivity contribution in [2.24, 2.45) is 4.99 Å². The highest BCUT2D eigenvalue weighted by molar-refractivity contribution is 9.10. The number of carbonyl (C=O) groups is 1. The number of benzene rings is 3. The number of halogens is 3. The molecule has 46 heavy (non-hydrogen) atoms. The van der Waals surface area contributed by atoms with Crippen LogP contribution in [-0.4, -0.2) is 38.5 Å².